The zero-order chi connectivity index (χ0) is 14.5. The van der Waals surface area contributed by atoms with Crippen LogP contribution in [0.1, 0.15) is 18.1 Å². The highest BCUT2D eigenvalue weighted by molar-refractivity contribution is 5.47. The van der Waals surface area contributed by atoms with Gasteiger partial charge < -0.3 is 10.1 Å². The van der Waals surface area contributed by atoms with Crippen LogP contribution in [-0.2, 0) is 6.42 Å². The second kappa shape index (κ2) is 6.42. The van der Waals surface area contributed by atoms with Crippen LogP contribution in [-0.4, -0.2) is 13.2 Å². The molecule has 0 aromatic heterocycles. The summed E-state index contributed by atoms with van der Waals surface area (Å²) in [4.78, 5) is 0. The first-order valence-corrected chi connectivity index (χ1v) is 6.74. The summed E-state index contributed by atoms with van der Waals surface area (Å²) in [7, 11) is 1.66. The summed E-state index contributed by atoms with van der Waals surface area (Å²) < 4.78 is 19.1. The number of rotatable bonds is 5. The van der Waals surface area contributed by atoms with Crippen molar-refractivity contribution in [3.8, 4) is 5.75 Å². The number of ether oxygens (including phenoxy) is 1. The molecule has 0 aliphatic carbocycles. The van der Waals surface area contributed by atoms with E-state index in [0.29, 0.717) is 5.69 Å². The molecule has 1 N–H and O–H groups in total. The maximum Gasteiger partial charge on any atom is 0.146 e. The highest BCUT2D eigenvalue weighted by Crippen LogP contribution is 2.21. The first-order valence-electron chi connectivity index (χ1n) is 6.74. The smallest absolute Gasteiger partial charge is 0.146 e. The summed E-state index contributed by atoms with van der Waals surface area (Å²) in [5.41, 5.74) is 2.57. The van der Waals surface area contributed by atoms with Crippen molar-refractivity contribution in [2.45, 2.75) is 26.3 Å². The number of aryl methyl sites for hydroxylation is 1. The first kappa shape index (κ1) is 14.4. The Kier molecular flexibility index (Phi) is 4.61. The molecule has 0 heterocycles. The minimum absolute atomic E-state index is 0.114. The maximum absolute atomic E-state index is 13.8. The number of methoxy groups -OCH3 is 1. The van der Waals surface area contributed by atoms with Crippen molar-refractivity contribution < 1.29 is 9.13 Å². The third-order valence-corrected chi connectivity index (χ3v) is 3.25. The molecule has 0 saturated carbocycles. The number of hydrogen-bond acceptors (Lipinski definition) is 2. The SMILES string of the molecule is COc1ccccc1CC(C)Nc1ccc(C)cc1F. The highest BCUT2D eigenvalue weighted by Gasteiger charge is 2.10. The fraction of sp³-hybridized carbons (Fsp3) is 0.294. The van der Waals surface area contributed by atoms with Crippen LogP contribution in [0, 0.1) is 12.7 Å². The molecule has 1 atom stereocenters. The molecule has 3 heteroatoms. The average molecular weight is 273 g/mol. The van der Waals surface area contributed by atoms with E-state index in [4.69, 9.17) is 4.74 Å². The van der Waals surface area contributed by atoms with Crippen LogP contribution in [0.25, 0.3) is 0 Å². The summed E-state index contributed by atoms with van der Waals surface area (Å²) in [5.74, 6) is 0.655. The predicted octanol–water partition coefficient (Wildman–Crippen LogP) is 4.19. The van der Waals surface area contributed by atoms with E-state index in [1.54, 1.807) is 13.2 Å². The van der Waals surface area contributed by atoms with Gasteiger partial charge in [-0.25, -0.2) is 4.39 Å². The van der Waals surface area contributed by atoms with Crippen molar-refractivity contribution in [1.29, 1.82) is 0 Å². The predicted molar refractivity (Wildman–Crippen MR) is 80.9 cm³/mol. The fourth-order valence-electron chi connectivity index (χ4n) is 2.26. The van der Waals surface area contributed by atoms with Crippen molar-refractivity contribution in [1.82, 2.24) is 0 Å². The van der Waals surface area contributed by atoms with Crippen LogP contribution in [0.2, 0.25) is 0 Å². The van der Waals surface area contributed by atoms with E-state index < -0.39 is 0 Å². The van der Waals surface area contributed by atoms with Gasteiger partial charge in [-0.15, -0.1) is 0 Å². The van der Waals surface area contributed by atoms with Crippen LogP contribution < -0.4 is 10.1 Å². The van der Waals surface area contributed by atoms with E-state index in [-0.39, 0.29) is 11.9 Å². The van der Waals surface area contributed by atoms with Crippen molar-refractivity contribution in [3.05, 3.63) is 59.4 Å². The molecule has 2 aromatic carbocycles. The molecule has 2 aromatic rings. The molecule has 106 valence electrons. The second-order valence-corrected chi connectivity index (χ2v) is 5.04. The molecule has 0 aliphatic rings. The first-order chi connectivity index (χ1) is 9.60. The van der Waals surface area contributed by atoms with E-state index in [9.17, 15) is 4.39 Å². The summed E-state index contributed by atoms with van der Waals surface area (Å²) in [6, 6.07) is 13.2. The van der Waals surface area contributed by atoms with Crippen molar-refractivity contribution in [2.24, 2.45) is 0 Å². The number of benzene rings is 2. The molecular weight excluding hydrogens is 253 g/mol. The van der Waals surface area contributed by atoms with Crippen LogP contribution in [0.5, 0.6) is 5.75 Å². The van der Waals surface area contributed by atoms with Gasteiger partial charge >= 0.3 is 0 Å². The van der Waals surface area contributed by atoms with E-state index in [1.165, 1.54) is 6.07 Å². The molecule has 0 fully saturated rings. The van der Waals surface area contributed by atoms with Gasteiger partial charge in [0.15, 0.2) is 0 Å². The number of hydrogen-bond donors (Lipinski definition) is 1. The molecule has 2 rings (SSSR count). The molecule has 0 spiro atoms. The highest BCUT2D eigenvalue weighted by atomic mass is 19.1. The van der Waals surface area contributed by atoms with E-state index in [1.807, 2.05) is 44.2 Å². The van der Waals surface area contributed by atoms with Gasteiger partial charge in [-0.2, -0.15) is 0 Å². The monoisotopic (exact) mass is 273 g/mol. The Hall–Kier alpha value is -2.03. The van der Waals surface area contributed by atoms with Crippen molar-refractivity contribution >= 4 is 5.69 Å². The Morgan fingerprint density at radius 3 is 2.65 bits per heavy atom. The fourth-order valence-corrected chi connectivity index (χ4v) is 2.26. The van der Waals surface area contributed by atoms with Crippen LogP contribution in [0.3, 0.4) is 0 Å². The van der Waals surface area contributed by atoms with Crippen LogP contribution in [0.4, 0.5) is 10.1 Å². The summed E-state index contributed by atoms with van der Waals surface area (Å²) >= 11 is 0. The molecule has 0 saturated heterocycles. The van der Waals surface area contributed by atoms with E-state index in [0.717, 1.165) is 23.3 Å². The largest absolute Gasteiger partial charge is 0.496 e. The maximum atomic E-state index is 13.8. The van der Waals surface area contributed by atoms with Crippen LogP contribution >= 0.6 is 0 Å². The van der Waals surface area contributed by atoms with Crippen LogP contribution in [0.15, 0.2) is 42.5 Å². The van der Waals surface area contributed by atoms with Gasteiger partial charge in [0, 0.05) is 6.04 Å². The van der Waals surface area contributed by atoms with Gasteiger partial charge in [-0.1, -0.05) is 24.3 Å². The molecule has 2 nitrogen and oxygen atoms in total. The molecule has 20 heavy (non-hydrogen) atoms. The topological polar surface area (TPSA) is 21.3 Å². The number of para-hydroxylation sites is 1. The summed E-state index contributed by atoms with van der Waals surface area (Å²) in [6.07, 6.45) is 0.775. The molecule has 0 bridgehead atoms. The number of nitrogens with one attached hydrogen (secondary N) is 1. The zero-order valence-corrected chi connectivity index (χ0v) is 12.1. The van der Waals surface area contributed by atoms with Gasteiger partial charge in [-0.3, -0.25) is 0 Å². The molecule has 1 unspecified atom stereocenters. The Balaban J connectivity index is 2.07. The lowest BCUT2D eigenvalue weighted by atomic mass is 10.1. The Morgan fingerprint density at radius 1 is 1.20 bits per heavy atom. The minimum atomic E-state index is -0.211. The van der Waals surface area contributed by atoms with Gasteiger partial charge in [0.25, 0.3) is 0 Å². The minimum Gasteiger partial charge on any atom is -0.496 e. The summed E-state index contributed by atoms with van der Waals surface area (Å²) in [6.45, 7) is 3.91. The number of anilines is 1. The van der Waals surface area contributed by atoms with E-state index in [2.05, 4.69) is 5.32 Å². The standard InChI is InChI=1S/C17H20FNO/c1-12-8-9-16(15(18)10-12)19-13(2)11-14-6-4-5-7-17(14)20-3/h4-10,13,19H,11H2,1-3H3. The lowest BCUT2D eigenvalue weighted by Crippen LogP contribution is -2.19. The van der Waals surface area contributed by atoms with Gasteiger partial charge in [-0.05, 0) is 49.6 Å². The Bertz CT molecular complexity index is 583. The lowest BCUT2D eigenvalue weighted by molar-refractivity contribution is 0.409. The Labute approximate surface area is 119 Å². The second-order valence-electron chi connectivity index (χ2n) is 5.04. The van der Waals surface area contributed by atoms with Crippen molar-refractivity contribution in [2.75, 3.05) is 12.4 Å². The average Bonchev–Trinajstić information content (AvgIpc) is 2.42. The molecule has 0 radical (unpaired) electrons. The Morgan fingerprint density at radius 2 is 1.95 bits per heavy atom. The lowest BCUT2D eigenvalue weighted by Gasteiger charge is -2.17. The molecule has 0 aliphatic heterocycles. The third-order valence-electron chi connectivity index (χ3n) is 3.25. The van der Waals surface area contributed by atoms with Gasteiger partial charge in [0.05, 0.1) is 12.8 Å². The normalized spacial score (nSPS) is 12.0. The van der Waals surface area contributed by atoms with E-state index >= 15 is 0 Å². The summed E-state index contributed by atoms with van der Waals surface area (Å²) in [5, 5.41) is 3.21. The quantitative estimate of drug-likeness (QED) is 0.882. The molecule has 0 amide bonds. The zero-order valence-electron chi connectivity index (χ0n) is 12.1. The third kappa shape index (κ3) is 3.50. The van der Waals surface area contributed by atoms with Gasteiger partial charge in [0.1, 0.15) is 11.6 Å². The van der Waals surface area contributed by atoms with Crippen molar-refractivity contribution in [3.63, 3.8) is 0 Å². The number of halogens is 1. The molecular formula is C17H20FNO. The van der Waals surface area contributed by atoms with Gasteiger partial charge in [0.2, 0.25) is 0 Å².